The van der Waals surface area contributed by atoms with Gasteiger partial charge in [0.05, 0.1) is 0 Å². The number of benzene rings is 2. The van der Waals surface area contributed by atoms with E-state index in [9.17, 15) is 8.78 Å². The van der Waals surface area contributed by atoms with Crippen LogP contribution in [0.25, 0.3) is 0 Å². The quantitative estimate of drug-likeness (QED) is 0.289. The Hall–Kier alpha value is -1.96. The first-order valence-electron chi connectivity index (χ1n) is 14.7. The maximum Gasteiger partial charge on any atom is 0.129 e. The highest BCUT2D eigenvalue weighted by Gasteiger charge is 2.27. The van der Waals surface area contributed by atoms with Crippen LogP contribution in [-0.4, -0.2) is 0 Å². The Kier molecular flexibility index (Phi) is 10.2. The number of allylic oxidation sites excluding steroid dienone is 2. The molecule has 0 heterocycles. The van der Waals surface area contributed by atoms with Crippen LogP contribution in [0.4, 0.5) is 8.78 Å². The molecule has 2 saturated carbocycles. The number of hydrogen-bond donors (Lipinski definition) is 0. The van der Waals surface area contributed by atoms with Crippen molar-refractivity contribution in [2.45, 2.75) is 109 Å². The van der Waals surface area contributed by atoms with E-state index in [0.717, 1.165) is 36.2 Å². The third-order valence-electron chi connectivity index (χ3n) is 9.28. The summed E-state index contributed by atoms with van der Waals surface area (Å²) >= 11 is 0. The lowest BCUT2D eigenvalue weighted by molar-refractivity contribution is 0.220. The topological polar surface area (TPSA) is 0 Å². The zero-order valence-corrected chi connectivity index (χ0v) is 22.5. The maximum atomic E-state index is 14.6. The molecule has 2 aromatic carbocycles. The van der Waals surface area contributed by atoms with E-state index >= 15 is 0 Å². The summed E-state index contributed by atoms with van der Waals surface area (Å²) in [6, 6.07) is 14.2. The lowest BCUT2D eigenvalue weighted by Crippen LogP contribution is -2.18. The molecule has 0 aromatic heterocycles. The largest absolute Gasteiger partial charge is 0.207 e. The normalized spacial score (nSPS) is 25.8. The van der Waals surface area contributed by atoms with Gasteiger partial charge >= 0.3 is 0 Å². The van der Waals surface area contributed by atoms with Gasteiger partial charge in [-0.3, -0.25) is 0 Å². The first-order valence-corrected chi connectivity index (χ1v) is 14.7. The highest BCUT2D eigenvalue weighted by Crippen LogP contribution is 2.41. The summed E-state index contributed by atoms with van der Waals surface area (Å²) in [4.78, 5) is 0. The van der Waals surface area contributed by atoms with Crippen molar-refractivity contribution in [2.24, 2.45) is 17.8 Å². The number of rotatable bonds is 10. The predicted octanol–water partition coefficient (Wildman–Crippen LogP) is 10.5. The standard InChI is InChI=1S/C34H46F2/c1-3-4-6-11-32-33(35)23-31(24-34(32)36)30-20-18-27(19-21-30)13-12-26-14-16-28(17-15-26)22-25(2)29-9-7-5-8-10-29/h3-5,7-10,23-28,30H,6,11-22H2,1-2H3/t25-,26?,27?,28?,30?/m0/s1. The molecule has 0 bridgehead atoms. The molecule has 4 rings (SSSR count). The van der Waals surface area contributed by atoms with E-state index < -0.39 is 0 Å². The van der Waals surface area contributed by atoms with Crippen molar-refractivity contribution >= 4 is 0 Å². The lowest BCUT2D eigenvalue weighted by atomic mass is 9.73. The molecule has 0 spiro atoms. The zero-order valence-electron chi connectivity index (χ0n) is 22.5. The van der Waals surface area contributed by atoms with Gasteiger partial charge in [-0.2, -0.15) is 0 Å². The minimum absolute atomic E-state index is 0.245. The molecule has 1 atom stereocenters. The van der Waals surface area contributed by atoms with Gasteiger partial charge in [-0.1, -0.05) is 87.9 Å². The molecule has 2 heteroatoms. The van der Waals surface area contributed by atoms with E-state index in [1.165, 1.54) is 63.4 Å². The third kappa shape index (κ3) is 7.53. The Labute approximate surface area is 218 Å². The van der Waals surface area contributed by atoms with E-state index in [2.05, 4.69) is 37.3 Å². The van der Waals surface area contributed by atoms with Gasteiger partial charge in [-0.05, 0) is 105 Å². The lowest BCUT2D eigenvalue weighted by Gasteiger charge is -2.33. The van der Waals surface area contributed by atoms with Crippen molar-refractivity contribution in [1.82, 2.24) is 0 Å². The van der Waals surface area contributed by atoms with Crippen LogP contribution in [0.15, 0.2) is 54.6 Å². The molecule has 2 aliphatic carbocycles. The van der Waals surface area contributed by atoms with Crippen LogP contribution in [-0.2, 0) is 6.42 Å². The van der Waals surface area contributed by atoms with Gasteiger partial charge < -0.3 is 0 Å². The van der Waals surface area contributed by atoms with E-state index in [4.69, 9.17) is 0 Å². The van der Waals surface area contributed by atoms with E-state index in [1.807, 2.05) is 19.1 Å². The van der Waals surface area contributed by atoms with Crippen LogP contribution < -0.4 is 0 Å². The SMILES string of the molecule is CC=CCCc1c(F)cc(C2CCC(CCC3CCC(C[C@H](C)c4ccccc4)CC3)CC2)cc1F. The highest BCUT2D eigenvalue weighted by molar-refractivity contribution is 5.29. The van der Waals surface area contributed by atoms with E-state index in [0.29, 0.717) is 24.7 Å². The molecule has 0 N–H and O–H groups in total. The molecule has 196 valence electrons. The molecule has 2 fully saturated rings. The number of hydrogen-bond acceptors (Lipinski definition) is 0. The minimum atomic E-state index is -0.356. The van der Waals surface area contributed by atoms with Crippen molar-refractivity contribution in [3.63, 3.8) is 0 Å². The van der Waals surface area contributed by atoms with Gasteiger partial charge in [0, 0.05) is 5.56 Å². The molecule has 2 aromatic rings. The molecule has 0 unspecified atom stereocenters. The first kappa shape index (κ1) is 27.1. The Morgan fingerprint density at radius 1 is 0.806 bits per heavy atom. The molecule has 0 aliphatic heterocycles. The summed E-state index contributed by atoms with van der Waals surface area (Å²) in [6.07, 6.45) is 19.2. The smallest absolute Gasteiger partial charge is 0.129 e. The second-order valence-electron chi connectivity index (χ2n) is 11.8. The van der Waals surface area contributed by atoms with Crippen LogP contribution in [0, 0.1) is 29.4 Å². The molecule has 0 saturated heterocycles. The zero-order chi connectivity index (χ0) is 25.3. The van der Waals surface area contributed by atoms with E-state index in [1.54, 1.807) is 12.1 Å². The Balaban J connectivity index is 1.16. The van der Waals surface area contributed by atoms with Gasteiger partial charge in [0.2, 0.25) is 0 Å². The number of halogens is 2. The summed E-state index contributed by atoms with van der Waals surface area (Å²) < 4.78 is 29.2. The van der Waals surface area contributed by atoms with Gasteiger partial charge in [-0.15, -0.1) is 0 Å². The van der Waals surface area contributed by atoms with Crippen LogP contribution in [0.2, 0.25) is 0 Å². The molecule has 0 nitrogen and oxygen atoms in total. The van der Waals surface area contributed by atoms with Crippen molar-refractivity contribution < 1.29 is 8.78 Å². The predicted molar refractivity (Wildman–Crippen MR) is 148 cm³/mol. The van der Waals surface area contributed by atoms with Crippen LogP contribution in [0.1, 0.15) is 119 Å². The fourth-order valence-corrected chi connectivity index (χ4v) is 6.92. The van der Waals surface area contributed by atoms with Crippen molar-refractivity contribution in [2.75, 3.05) is 0 Å². The second kappa shape index (κ2) is 13.5. The average Bonchev–Trinajstić information content (AvgIpc) is 2.90. The summed E-state index contributed by atoms with van der Waals surface area (Å²) in [5.41, 5.74) is 2.61. The van der Waals surface area contributed by atoms with E-state index in [-0.39, 0.29) is 17.2 Å². The van der Waals surface area contributed by atoms with Gasteiger partial charge in [-0.25, -0.2) is 8.78 Å². The molecule has 0 radical (unpaired) electrons. The van der Waals surface area contributed by atoms with Gasteiger partial charge in [0.25, 0.3) is 0 Å². The van der Waals surface area contributed by atoms with Crippen LogP contribution in [0.3, 0.4) is 0 Å². The van der Waals surface area contributed by atoms with Crippen LogP contribution in [0.5, 0.6) is 0 Å². The van der Waals surface area contributed by atoms with Crippen molar-refractivity contribution in [1.29, 1.82) is 0 Å². The molecule has 0 amide bonds. The average molecular weight is 493 g/mol. The monoisotopic (exact) mass is 492 g/mol. The maximum absolute atomic E-state index is 14.6. The molecular weight excluding hydrogens is 446 g/mol. The minimum Gasteiger partial charge on any atom is -0.207 e. The summed E-state index contributed by atoms with van der Waals surface area (Å²) in [7, 11) is 0. The van der Waals surface area contributed by atoms with Gasteiger partial charge in [0.1, 0.15) is 11.6 Å². The third-order valence-corrected chi connectivity index (χ3v) is 9.28. The Morgan fingerprint density at radius 2 is 1.36 bits per heavy atom. The molecule has 2 aliphatic rings. The van der Waals surface area contributed by atoms with Gasteiger partial charge in [0.15, 0.2) is 0 Å². The van der Waals surface area contributed by atoms with Crippen molar-refractivity contribution in [3.05, 3.63) is 82.9 Å². The summed E-state index contributed by atoms with van der Waals surface area (Å²) in [5.74, 6) is 2.87. The summed E-state index contributed by atoms with van der Waals surface area (Å²) in [6.45, 7) is 4.32. The second-order valence-corrected chi connectivity index (χ2v) is 11.8. The van der Waals surface area contributed by atoms with Crippen LogP contribution >= 0.6 is 0 Å². The van der Waals surface area contributed by atoms with Crippen molar-refractivity contribution in [3.8, 4) is 0 Å². The Bertz CT molecular complexity index is 923. The molecule has 36 heavy (non-hydrogen) atoms. The first-order chi connectivity index (χ1) is 17.5. The summed E-state index contributed by atoms with van der Waals surface area (Å²) in [5, 5.41) is 0. The fourth-order valence-electron chi connectivity index (χ4n) is 6.92. The Morgan fingerprint density at radius 3 is 1.94 bits per heavy atom. The highest BCUT2D eigenvalue weighted by atomic mass is 19.1. The molecular formula is C34H46F2. The fraction of sp³-hybridized carbons (Fsp3) is 0.588.